The third-order valence-corrected chi connectivity index (χ3v) is 3.42. The molecular formula is C19H20FN3O4. The first-order valence-corrected chi connectivity index (χ1v) is 8.30. The minimum absolute atomic E-state index is 0.0513. The molecule has 0 fully saturated rings. The lowest BCUT2D eigenvalue weighted by atomic mass is 10.3. The fraction of sp³-hybridized carbons (Fsp3) is 0.211. The Labute approximate surface area is 155 Å². The predicted octanol–water partition coefficient (Wildman–Crippen LogP) is 2.91. The Balaban J connectivity index is 1.68. The van der Waals surface area contributed by atoms with E-state index in [2.05, 4.69) is 16.0 Å². The van der Waals surface area contributed by atoms with Crippen LogP contribution in [-0.2, 0) is 14.3 Å². The van der Waals surface area contributed by atoms with Crippen LogP contribution < -0.4 is 16.0 Å². The topological polar surface area (TPSA) is 96.5 Å². The number of anilines is 2. The SMILES string of the molecule is C[C@H](OC(=O)CCNC(=O)Nc1ccccc1)C(=O)Nc1cccc(F)c1. The first-order chi connectivity index (χ1) is 12.9. The van der Waals surface area contributed by atoms with Crippen molar-refractivity contribution in [2.24, 2.45) is 0 Å². The van der Waals surface area contributed by atoms with Gasteiger partial charge in [0, 0.05) is 17.9 Å². The number of hydrogen-bond acceptors (Lipinski definition) is 4. The summed E-state index contributed by atoms with van der Waals surface area (Å²) in [5.74, 6) is -1.71. The number of ether oxygens (including phenoxy) is 1. The molecule has 142 valence electrons. The maximum absolute atomic E-state index is 13.1. The van der Waals surface area contributed by atoms with E-state index in [1.807, 2.05) is 6.07 Å². The predicted molar refractivity (Wildman–Crippen MR) is 98.7 cm³/mol. The molecule has 7 nitrogen and oxygen atoms in total. The number of esters is 1. The van der Waals surface area contributed by atoms with Crippen molar-refractivity contribution in [1.82, 2.24) is 5.32 Å². The van der Waals surface area contributed by atoms with Gasteiger partial charge in [-0.1, -0.05) is 24.3 Å². The van der Waals surface area contributed by atoms with Gasteiger partial charge < -0.3 is 20.7 Å². The Bertz CT molecular complexity index is 799. The summed E-state index contributed by atoms with van der Waals surface area (Å²) in [6, 6.07) is 13.8. The lowest BCUT2D eigenvalue weighted by Gasteiger charge is -2.14. The Hall–Kier alpha value is -3.42. The van der Waals surface area contributed by atoms with Crippen LogP contribution in [0.15, 0.2) is 54.6 Å². The highest BCUT2D eigenvalue weighted by molar-refractivity contribution is 5.95. The molecular weight excluding hydrogens is 353 g/mol. The monoisotopic (exact) mass is 373 g/mol. The molecule has 0 saturated heterocycles. The van der Waals surface area contributed by atoms with Gasteiger partial charge in [-0.3, -0.25) is 9.59 Å². The first kappa shape index (κ1) is 19.9. The number of carbonyl (C=O) groups excluding carboxylic acids is 3. The largest absolute Gasteiger partial charge is 0.452 e. The fourth-order valence-corrected chi connectivity index (χ4v) is 2.09. The van der Waals surface area contributed by atoms with Crippen LogP contribution in [0, 0.1) is 5.82 Å². The number of amides is 3. The van der Waals surface area contributed by atoms with Gasteiger partial charge in [0.25, 0.3) is 5.91 Å². The highest BCUT2D eigenvalue weighted by atomic mass is 19.1. The average molecular weight is 373 g/mol. The second kappa shape index (κ2) is 9.91. The van der Waals surface area contributed by atoms with E-state index in [1.165, 1.54) is 25.1 Å². The number of benzene rings is 2. The van der Waals surface area contributed by atoms with Crippen LogP contribution in [0.5, 0.6) is 0 Å². The van der Waals surface area contributed by atoms with E-state index in [1.54, 1.807) is 24.3 Å². The molecule has 0 heterocycles. The maximum atomic E-state index is 13.1. The smallest absolute Gasteiger partial charge is 0.319 e. The zero-order valence-corrected chi connectivity index (χ0v) is 14.7. The Morgan fingerprint density at radius 1 is 1.00 bits per heavy atom. The maximum Gasteiger partial charge on any atom is 0.319 e. The fourth-order valence-electron chi connectivity index (χ4n) is 2.09. The van der Waals surface area contributed by atoms with Crippen LogP contribution in [0.25, 0.3) is 0 Å². The molecule has 0 spiro atoms. The van der Waals surface area contributed by atoms with Crippen molar-refractivity contribution >= 4 is 29.3 Å². The highest BCUT2D eigenvalue weighted by Gasteiger charge is 2.18. The number of rotatable bonds is 7. The molecule has 0 aliphatic carbocycles. The van der Waals surface area contributed by atoms with Crippen LogP contribution in [0.4, 0.5) is 20.6 Å². The summed E-state index contributed by atoms with van der Waals surface area (Å²) in [5, 5.41) is 7.58. The van der Waals surface area contributed by atoms with E-state index in [4.69, 9.17) is 4.74 Å². The summed E-state index contributed by atoms with van der Waals surface area (Å²) in [4.78, 5) is 35.4. The summed E-state index contributed by atoms with van der Waals surface area (Å²) >= 11 is 0. The molecule has 2 rings (SSSR count). The first-order valence-electron chi connectivity index (χ1n) is 8.30. The van der Waals surface area contributed by atoms with Crippen LogP contribution in [0.3, 0.4) is 0 Å². The Morgan fingerprint density at radius 3 is 2.41 bits per heavy atom. The number of halogens is 1. The van der Waals surface area contributed by atoms with Crippen LogP contribution in [0.1, 0.15) is 13.3 Å². The molecule has 0 radical (unpaired) electrons. The van der Waals surface area contributed by atoms with Crippen molar-refractivity contribution in [3.05, 3.63) is 60.4 Å². The summed E-state index contributed by atoms with van der Waals surface area (Å²) in [6.07, 6.45) is -1.15. The molecule has 3 amide bonds. The van der Waals surface area contributed by atoms with Crippen LogP contribution in [-0.4, -0.2) is 30.6 Å². The molecule has 27 heavy (non-hydrogen) atoms. The Kier molecular flexibility index (Phi) is 7.30. The molecule has 2 aromatic rings. The van der Waals surface area contributed by atoms with Gasteiger partial charge in [0.2, 0.25) is 0 Å². The van der Waals surface area contributed by atoms with Crippen molar-refractivity contribution in [3.8, 4) is 0 Å². The molecule has 0 aliphatic heterocycles. The third kappa shape index (κ3) is 7.15. The van der Waals surface area contributed by atoms with E-state index < -0.39 is 29.8 Å². The van der Waals surface area contributed by atoms with Gasteiger partial charge in [-0.25, -0.2) is 9.18 Å². The number of nitrogens with one attached hydrogen (secondary N) is 3. The normalized spacial score (nSPS) is 11.2. The molecule has 0 unspecified atom stereocenters. The van der Waals surface area contributed by atoms with Crippen LogP contribution in [0.2, 0.25) is 0 Å². The molecule has 0 saturated carbocycles. The van der Waals surface area contributed by atoms with Gasteiger partial charge in [0.05, 0.1) is 6.42 Å². The summed E-state index contributed by atoms with van der Waals surface area (Å²) in [7, 11) is 0. The van der Waals surface area contributed by atoms with Gasteiger partial charge in [-0.15, -0.1) is 0 Å². The number of carbonyl (C=O) groups is 3. The van der Waals surface area contributed by atoms with E-state index in [-0.39, 0.29) is 18.7 Å². The van der Waals surface area contributed by atoms with Crippen molar-refractivity contribution in [3.63, 3.8) is 0 Å². The average Bonchev–Trinajstić information content (AvgIpc) is 2.62. The summed E-state index contributed by atoms with van der Waals surface area (Å²) in [5.41, 5.74) is 0.891. The van der Waals surface area contributed by atoms with E-state index in [0.29, 0.717) is 5.69 Å². The second-order valence-corrected chi connectivity index (χ2v) is 5.63. The molecule has 2 aromatic carbocycles. The van der Waals surface area contributed by atoms with Gasteiger partial charge in [0.1, 0.15) is 5.82 Å². The standard InChI is InChI=1S/C19H20FN3O4/c1-13(18(25)22-16-9-5-6-14(20)12-16)27-17(24)10-11-21-19(26)23-15-7-3-2-4-8-15/h2-9,12-13H,10-11H2,1H3,(H,22,25)(H2,21,23,26)/t13-/m0/s1. The van der Waals surface area contributed by atoms with Gasteiger partial charge in [-0.2, -0.15) is 0 Å². The van der Waals surface area contributed by atoms with E-state index >= 15 is 0 Å². The zero-order chi connectivity index (χ0) is 19.6. The number of hydrogen-bond donors (Lipinski definition) is 3. The van der Waals surface area contributed by atoms with Gasteiger partial charge >= 0.3 is 12.0 Å². The molecule has 8 heteroatoms. The molecule has 0 aromatic heterocycles. The quantitative estimate of drug-likeness (QED) is 0.650. The van der Waals surface area contributed by atoms with Crippen molar-refractivity contribution in [2.45, 2.75) is 19.4 Å². The summed E-state index contributed by atoms with van der Waals surface area (Å²) < 4.78 is 18.1. The van der Waals surface area contributed by atoms with Crippen LogP contribution >= 0.6 is 0 Å². The lowest BCUT2D eigenvalue weighted by Crippen LogP contribution is -2.33. The van der Waals surface area contributed by atoms with Gasteiger partial charge in [0.15, 0.2) is 6.10 Å². The molecule has 0 bridgehead atoms. The Morgan fingerprint density at radius 2 is 1.70 bits per heavy atom. The van der Waals surface area contributed by atoms with Crippen molar-refractivity contribution in [2.75, 3.05) is 17.2 Å². The number of urea groups is 1. The van der Waals surface area contributed by atoms with Crippen molar-refractivity contribution in [1.29, 1.82) is 0 Å². The minimum atomic E-state index is -1.06. The van der Waals surface area contributed by atoms with E-state index in [0.717, 1.165) is 6.07 Å². The minimum Gasteiger partial charge on any atom is -0.452 e. The molecule has 1 atom stereocenters. The zero-order valence-electron chi connectivity index (χ0n) is 14.7. The third-order valence-electron chi connectivity index (χ3n) is 3.42. The van der Waals surface area contributed by atoms with Crippen molar-refractivity contribution < 1.29 is 23.5 Å². The lowest BCUT2D eigenvalue weighted by molar-refractivity contribution is -0.153. The number of para-hydroxylation sites is 1. The summed E-state index contributed by atoms with van der Waals surface area (Å²) in [6.45, 7) is 1.46. The second-order valence-electron chi connectivity index (χ2n) is 5.63. The highest BCUT2D eigenvalue weighted by Crippen LogP contribution is 2.10. The molecule has 0 aliphatic rings. The van der Waals surface area contributed by atoms with Gasteiger partial charge in [-0.05, 0) is 37.3 Å². The molecule has 3 N–H and O–H groups in total. The van der Waals surface area contributed by atoms with E-state index in [9.17, 15) is 18.8 Å².